The second-order valence-electron chi connectivity index (χ2n) is 7.39. The van der Waals surface area contributed by atoms with Crippen molar-refractivity contribution in [1.82, 2.24) is 5.01 Å². The fraction of sp³-hybridized carbons (Fsp3) is 0.167. The zero-order valence-corrected chi connectivity index (χ0v) is 16.6. The Morgan fingerprint density at radius 3 is 2.52 bits per heavy atom. The SMILES string of the molecule is Cc1ccc(C(=O)C2Oc3ccccc3C3CC(c4ccc(Cl)cc4)=NN23)cc1. The summed E-state index contributed by atoms with van der Waals surface area (Å²) in [7, 11) is 0. The van der Waals surface area contributed by atoms with Crippen molar-refractivity contribution in [2.45, 2.75) is 25.6 Å². The third kappa shape index (κ3) is 3.19. The molecule has 2 aliphatic rings. The van der Waals surface area contributed by atoms with Crippen LogP contribution in [0.15, 0.2) is 77.9 Å². The molecule has 2 aliphatic heterocycles. The first-order valence-corrected chi connectivity index (χ1v) is 9.96. The molecule has 0 fully saturated rings. The molecule has 29 heavy (non-hydrogen) atoms. The van der Waals surface area contributed by atoms with Crippen LogP contribution >= 0.6 is 11.6 Å². The summed E-state index contributed by atoms with van der Waals surface area (Å²) in [5, 5.41) is 7.32. The van der Waals surface area contributed by atoms with Gasteiger partial charge in [-0.15, -0.1) is 0 Å². The first kappa shape index (κ1) is 18.0. The number of carbonyl (C=O) groups is 1. The van der Waals surface area contributed by atoms with E-state index in [1.807, 2.05) is 84.7 Å². The third-order valence-electron chi connectivity index (χ3n) is 5.44. The number of ketones is 1. The van der Waals surface area contributed by atoms with Gasteiger partial charge in [0, 0.05) is 22.6 Å². The van der Waals surface area contributed by atoms with Crippen molar-refractivity contribution in [3.05, 3.63) is 100 Å². The first-order chi connectivity index (χ1) is 14.1. The van der Waals surface area contributed by atoms with Crippen molar-refractivity contribution < 1.29 is 9.53 Å². The molecule has 0 amide bonds. The summed E-state index contributed by atoms with van der Waals surface area (Å²) in [4.78, 5) is 13.3. The van der Waals surface area contributed by atoms with Crippen molar-refractivity contribution in [2.24, 2.45) is 5.10 Å². The topological polar surface area (TPSA) is 41.9 Å². The predicted molar refractivity (Wildman–Crippen MR) is 114 cm³/mol. The minimum absolute atomic E-state index is 0.0370. The lowest BCUT2D eigenvalue weighted by Crippen LogP contribution is -2.45. The van der Waals surface area contributed by atoms with E-state index < -0.39 is 6.23 Å². The van der Waals surface area contributed by atoms with Gasteiger partial charge in [0.2, 0.25) is 5.78 Å². The molecule has 2 heterocycles. The van der Waals surface area contributed by atoms with E-state index in [0.29, 0.717) is 17.0 Å². The Morgan fingerprint density at radius 1 is 1.03 bits per heavy atom. The van der Waals surface area contributed by atoms with Crippen molar-refractivity contribution in [3.63, 3.8) is 0 Å². The zero-order valence-electron chi connectivity index (χ0n) is 15.9. The largest absolute Gasteiger partial charge is 0.461 e. The van der Waals surface area contributed by atoms with Crippen LogP contribution in [0.5, 0.6) is 5.75 Å². The number of para-hydroxylation sites is 1. The Labute approximate surface area is 174 Å². The standard InChI is InChI=1S/C24H19ClN2O2/c1-15-6-8-17(9-7-15)23(28)24-27-21(19-4-2-3-5-22(19)29-24)14-20(26-27)16-10-12-18(25)13-11-16/h2-13,21,24H,14H2,1H3. The maximum absolute atomic E-state index is 13.3. The number of rotatable bonds is 3. The highest BCUT2D eigenvalue weighted by Crippen LogP contribution is 2.43. The molecular weight excluding hydrogens is 384 g/mol. The number of nitrogens with zero attached hydrogens (tertiary/aromatic N) is 2. The van der Waals surface area contributed by atoms with E-state index in [0.717, 1.165) is 28.2 Å². The van der Waals surface area contributed by atoms with Gasteiger partial charge in [-0.1, -0.05) is 71.8 Å². The normalized spacial score (nSPS) is 19.8. The quantitative estimate of drug-likeness (QED) is 0.551. The van der Waals surface area contributed by atoms with E-state index in [4.69, 9.17) is 21.4 Å². The maximum Gasteiger partial charge on any atom is 0.251 e. The highest BCUT2D eigenvalue weighted by Gasteiger charge is 2.43. The summed E-state index contributed by atoms with van der Waals surface area (Å²) in [6.07, 6.45) is -0.0814. The molecule has 0 spiro atoms. The number of Topliss-reactive ketones (excluding diaryl/α,β-unsaturated/α-hetero) is 1. The molecule has 0 aromatic heterocycles. The Morgan fingerprint density at radius 2 is 1.76 bits per heavy atom. The molecule has 0 bridgehead atoms. The van der Waals surface area contributed by atoms with E-state index in [9.17, 15) is 4.79 Å². The minimum atomic E-state index is -0.789. The van der Waals surface area contributed by atoms with Crippen LogP contribution in [0.25, 0.3) is 0 Å². The highest BCUT2D eigenvalue weighted by atomic mass is 35.5. The van der Waals surface area contributed by atoms with Crippen LogP contribution in [0.1, 0.15) is 39.5 Å². The molecule has 3 aromatic carbocycles. The molecule has 4 nitrogen and oxygen atoms in total. The molecule has 144 valence electrons. The van der Waals surface area contributed by atoms with Crippen LogP contribution in [0, 0.1) is 6.92 Å². The number of carbonyl (C=O) groups excluding carboxylic acids is 1. The molecule has 2 atom stereocenters. The number of hydrazone groups is 1. The van der Waals surface area contributed by atoms with Gasteiger partial charge in [0.1, 0.15) is 5.75 Å². The third-order valence-corrected chi connectivity index (χ3v) is 5.69. The summed E-state index contributed by atoms with van der Waals surface area (Å²) in [5.74, 6) is 0.650. The molecule has 0 saturated carbocycles. The smallest absolute Gasteiger partial charge is 0.251 e. The van der Waals surface area contributed by atoms with E-state index in [-0.39, 0.29) is 11.8 Å². The van der Waals surface area contributed by atoms with Crippen molar-refractivity contribution >= 4 is 23.1 Å². The number of halogens is 1. The van der Waals surface area contributed by atoms with Crippen LogP contribution < -0.4 is 4.74 Å². The van der Waals surface area contributed by atoms with E-state index in [1.54, 1.807) is 0 Å². The molecular formula is C24H19ClN2O2. The Kier molecular flexibility index (Phi) is 4.36. The van der Waals surface area contributed by atoms with Crippen LogP contribution in [0.4, 0.5) is 0 Å². The predicted octanol–water partition coefficient (Wildman–Crippen LogP) is 5.40. The number of fused-ring (bicyclic) bond motifs is 3. The Hall–Kier alpha value is -3.11. The molecule has 0 aliphatic carbocycles. The number of hydrogen-bond donors (Lipinski definition) is 0. The van der Waals surface area contributed by atoms with Gasteiger partial charge < -0.3 is 4.74 Å². The van der Waals surface area contributed by atoms with Gasteiger partial charge in [-0.05, 0) is 30.7 Å². The molecule has 0 saturated heterocycles. The van der Waals surface area contributed by atoms with Crippen molar-refractivity contribution in [1.29, 1.82) is 0 Å². The number of benzene rings is 3. The van der Waals surface area contributed by atoms with E-state index >= 15 is 0 Å². The average molecular weight is 403 g/mol. The van der Waals surface area contributed by atoms with E-state index in [1.165, 1.54) is 0 Å². The van der Waals surface area contributed by atoms with Crippen LogP contribution in [0.3, 0.4) is 0 Å². The fourth-order valence-electron chi connectivity index (χ4n) is 3.88. The van der Waals surface area contributed by atoms with E-state index in [2.05, 4.69) is 0 Å². The first-order valence-electron chi connectivity index (χ1n) is 9.58. The Balaban J connectivity index is 1.55. The summed E-state index contributed by atoms with van der Waals surface area (Å²) < 4.78 is 6.14. The maximum atomic E-state index is 13.3. The van der Waals surface area contributed by atoms with Gasteiger partial charge in [-0.3, -0.25) is 4.79 Å². The summed E-state index contributed by atoms with van der Waals surface area (Å²) in [5.41, 5.74) is 4.71. The molecule has 3 aromatic rings. The van der Waals surface area contributed by atoms with Crippen molar-refractivity contribution in [3.8, 4) is 5.75 Å². The van der Waals surface area contributed by atoms with Gasteiger partial charge in [0.25, 0.3) is 6.23 Å². The second-order valence-corrected chi connectivity index (χ2v) is 7.83. The summed E-state index contributed by atoms with van der Waals surface area (Å²) in [6, 6.07) is 23.0. The fourth-order valence-corrected chi connectivity index (χ4v) is 4.01. The number of aryl methyl sites for hydroxylation is 1. The average Bonchev–Trinajstić information content (AvgIpc) is 3.19. The van der Waals surface area contributed by atoms with Crippen LogP contribution in [-0.4, -0.2) is 22.7 Å². The molecule has 0 radical (unpaired) electrons. The minimum Gasteiger partial charge on any atom is -0.461 e. The molecule has 5 heteroatoms. The number of hydrogen-bond acceptors (Lipinski definition) is 4. The highest BCUT2D eigenvalue weighted by molar-refractivity contribution is 6.30. The summed E-state index contributed by atoms with van der Waals surface area (Å²) in [6.45, 7) is 2.00. The van der Waals surface area contributed by atoms with Crippen molar-refractivity contribution in [2.75, 3.05) is 0 Å². The van der Waals surface area contributed by atoms with Gasteiger partial charge in [-0.25, -0.2) is 5.01 Å². The lowest BCUT2D eigenvalue weighted by molar-refractivity contribution is -0.00455. The lowest BCUT2D eigenvalue weighted by atomic mass is 9.95. The number of ether oxygens (including phenoxy) is 1. The van der Waals surface area contributed by atoms with Crippen LogP contribution in [0.2, 0.25) is 5.02 Å². The molecule has 0 N–H and O–H groups in total. The molecule has 2 unspecified atom stereocenters. The van der Waals surface area contributed by atoms with Gasteiger partial charge in [-0.2, -0.15) is 5.10 Å². The van der Waals surface area contributed by atoms with Gasteiger partial charge in [0.05, 0.1) is 11.8 Å². The lowest BCUT2D eigenvalue weighted by Gasteiger charge is -2.37. The Bertz CT molecular complexity index is 1110. The van der Waals surface area contributed by atoms with Gasteiger partial charge >= 0.3 is 0 Å². The zero-order chi connectivity index (χ0) is 20.0. The van der Waals surface area contributed by atoms with Crippen LogP contribution in [-0.2, 0) is 0 Å². The molecule has 5 rings (SSSR count). The summed E-state index contributed by atoms with van der Waals surface area (Å²) >= 11 is 6.04. The van der Waals surface area contributed by atoms with Gasteiger partial charge in [0.15, 0.2) is 0 Å². The second kappa shape index (κ2) is 7.05. The monoisotopic (exact) mass is 402 g/mol.